The van der Waals surface area contributed by atoms with Crippen molar-refractivity contribution in [3.05, 3.63) is 41.0 Å². The number of hydrogen-bond donors (Lipinski definition) is 2. The van der Waals surface area contributed by atoms with Crippen molar-refractivity contribution in [2.24, 2.45) is 0 Å². The van der Waals surface area contributed by atoms with Crippen molar-refractivity contribution in [1.82, 2.24) is 9.97 Å². The molecule has 5 nitrogen and oxygen atoms in total. The van der Waals surface area contributed by atoms with E-state index < -0.39 is 7.12 Å². The lowest BCUT2D eigenvalue weighted by Gasteiger charge is -2.12. The summed E-state index contributed by atoms with van der Waals surface area (Å²) in [5.74, 6) is 0.0770. The van der Waals surface area contributed by atoms with Gasteiger partial charge in [-0.05, 0) is 11.8 Å². The number of aromatic nitrogens is 2. The molecule has 0 aliphatic rings. The average molecular weight is 311 g/mol. The van der Waals surface area contributed by atoms with Crippen LogP contribution in [-0.2, 0) is 6.61 Å². The SMILES string of the molecule is CSc1nc(Cl)c(B(O)O)c(OCc2ccccc2)n1. The number of halogens is 1. The maximum absolute atomic E-state index is 9.35. The first-order valence-electron chi connectivity index (χ1n) is 5.76. The largest absolute Gasteiger partial charge is 0.497 e. The van der Waals surface area contributed by atoms with E-state index in [9.17, 15) is 10.0 Å². The molecule has 104 valence electrons. The van der Waals surface area contributed by atoms with Gasteiger partial charge in [0.2, 0.25) is 5.88 Å². The van der Waals surface area contributed by atoms with Crippen molar-refractivity contribution in [1.29, 1.82) is 0 Å². The van der Waals surface area contributed by atoms with Crippen molar-refractivity contribution in [2.45, 2.75) is 11.8 Å². The Kier molecular flexibility index (Phi) is 5.25. The Morgan fingerprint density at radius 1 is 1.25 bits per heavy atom. The third-order valence-corrected chi connectivity index (χ3v) is 3.34. The Hall–Kier alpha value is -1.28. The van der Waals surface area contributed by atoms with E-state index in [4.69, 9.17) is 16.3 Å². The number of nitrogens with zero attached hydrogens (tertiary/aromatic N) is 2. The van der Waals surface area contributed by atoms with Crippen LogP contribution >= 0.6 is 23.4 Å². The minimum atomic E-state index is -1.79. The Bertz CT molecular complexity index is 586. The predicted molar refractivity (Wildman–Crippen MR) is 79.4 cm³/mol. The molecule has 1 aromatic heterocycles. The molecule has 0 saturated heterocycles. The van der Waals surface area contributed by atoms with E-state index in [1.54, 1.807) is 6.26 Å². The quantitative estimate of drug-likeness (QED) is 0.373. The van der Waals surface area contributed by atoms with E-state index in [2.05, 4.69) is 9.97 Å². The van der Waals surface area contributed by atoms with Crippen molar-refractivity contribution < 1.29 is 14.8 Å². The summed E-state index contributed by atoms with van der Waals surface area (Å²) in [6.45, 7) is 0.252. The van der Waals surface area contributed by atoms with E-state index in [0.717, 1.165) is 5.56 Å². The average Bonchev–Trinajstić information content (AvgIpc) is 2.45. The van der Waals surface area contributed by atoms with Gasteiger partial charge >= 0.3 is 7.12 Å². The van der Waals surface area contributed by atoms with Crippen molar-refractivity contribution in [2.75, 3.05) is 6.26 Å². The van der Waals surface area contributed by atoms with E-state index in [1.165, 1.54) is 11.8 Å². The monoisotopic (exact) mass is 310 g/mol. The standard InChI is InChI=1S/C12H12BClN2O3S/c1-20-12-15-10(14)9(13(17)18)11(16-12)19-7-8-5-3-2-4-6-8/h2-6,17-18H,7H2,1H3. The highest BCUT2D eigenvalue weighted by atomic mass is 35.5. The fourth-order valence-electron chi connectivity index (χ4n) is 1.55. The molecule has 0 radical (unpaired) electrons. The van der Waals surface area contributed by atoms with Crippen LogP contribution in [0.3, 0.4) is 0 Å². The van der Waals surface area contributed by atoms with Crippen LogP contribution in [-0.4, -0.2) is 33.4 Å². The maximum Gasteiger partial charge on any atom is 0.497 e. The molecular formula is C12H12BClN2O3S. The molecular weight excluding hydrogens is 298 g/mol. The molecule has 0 unspecified atom stereocenters. The fourth-order valence-corrected chi connectivity index (χ4v) is 2.21. The van der Waals surface area contributed by atoms with Gasteiger partial charge in [-0.3, -0.25) is 0 Å². The third-order valence-electron chi connectivity index (χ3n) is 2.50. The first-order valence-corrected chi connectivity index (χ1v) is 7.36. The summed E-state index contributed by atoms with van der Waals surface area (Å²) in [4.78, 5) is 8.06. The molecule has 2 aromatic rings. The molecule has 0 bridgehead atoms. The summed E-state index contributed by atoms with van der Waals surface area (Å²) in [7, 11) is -1.79. The summed E-state index contributed by atoms with van der Waals surface area (Å²) in [6.07, 6.45) is 1.79. The zero-order chi connectivity index (χ0) is 14.5. The lowest BCUT2D eigenvalue weighted by Crippen LogP contribution is -2.34. The summed E-state index contributed by atoms with van der Waals surface area (Å²) < 4.78 is 5.54. The molecule has 0 aliphatic carbocycles. The second-order valence-corrected chi connectivity index (χ2v) is 5.00. The van der Waals surface area contributed by atoms with Crippen LogP contribution in [0, 0.1) is 0 Å². The number of rotatable bonds is 5. The number of thioether (sulfide) groups is 1. The minimum absolute atomic E-state index is 0.0255. The molecule has 2 N–H and O–H groups in total. The maximum atomic E-state index is 9.35. The Morgan fingerprint density at radius 2 is 1.95 bits per heavy atom. The molecule has 2 rings (SSSR count). The summed E-state index contributed by atoms with van der Waals surface area (Å²) in [5, 5.41) is 19.1. The van der Waals surface area contributed by atoms with E-state index in [-0.39, 0.29) is 23.1 Å². The number of hydrogen-bond acceptors (Lipinski definition) is 6. The molecule has 0 fully saturated rings. The van der Waals surface area contributed by atoms with Crippen LogP contribution in [0.2, 0.25) is 5.15 Å². The highest BCUT2D eigenvalue weighted by Gasteiger charge is 2.25. The van der Waals surface area contributed by atoms with Crippen LogP contribution in [0.5, 0.6) is 5.88 Å². The molecule has 0 spiro atoms. The third kappa shape index (κ3) is 3.64. The van der Waals surface area contributed by atoms with Gasteiger partial charge in [0, 0.05) is 0 Å². The highest BCUT2D eigenvalue weighted by Crippen LogP contribution is 2.18. The van der Waals surface area contributed by atoms with Crippen LogP contribution in [0.25, 0.3) is 0 Å². The Morgan fingerprint density at radius 3 is 2.55 bits per heavy atom. The van der Waals surface area contributed by atoms with Crippen molar-refractivity contribution in [3.63, 3.8) is 0 Å². The van der Waals surface area contributed by atoms with Gasteiger partial charge in [-0.1, -0.05) is 53.7 Å². The van der Waals surface area contributed by atoms with Gasteiger partial charge in [-0.2, -0.15) is 4.98 Å². The topological polar surface area (TPSA) is 75.5 Å². The second kappa shape index (κ2) is 6.94. The van der Waals surface area contributed by atoms with Gasteiger partial charge in [0.05, 0.1) is 5.46 Å². The van der Waals surface area contributed by atoms with Crippen LogP contribution < -0.4 is 10.2 Å². The highest BCUT2D eigenvalue weighted by molar-refractivity contribution is 7.98. The van der Waals surface area contributed by atoms with Crippen molar-refractivity contribution in [3.8, 4) is 5.88 Å². The van der Waals surface area contributed by atoms with E-state index in [0.29, 0.717) is 5.16 Å². The molecule has 0 aliphatic heterocycles. The van der Waals surface area contributed by atoms with E-state index in [1.807, 2.05) is 30.3 Å². The molecule has 20 heavy (non-hydrogen) atoms. The summed E-state index contributed by atoms with van der Waals surface area (Å²) in [6, 6.07) is 9.47. The van der Waals surface area contributed by atoms with Gasteiger partial charge in [0.15, 0.2) is 5.16 Å². The normalized spacial score (nSPS) is 10.4. The molecule has 0 atom stereocenters. The predicted octanol–water partition coefficient (Wildman–Crippen LogP) is 1.11. The number of ether oxygens (including phenoxy) is 1. The first-order chi connectivity index (χ1) is 9.61. The van der Waals surface area contributed by atoms with Crippen LogP contribution in [0.4, 0.5) is 0 Å². The lowest BCUT2D eigenvalue weighted by atomic mass is 9.82. The first kappa shape index (κ1) is 15.1. The van der Waals surface area contributed by atoms with Gasteiger partial charge < -0.3 is 14.8 Å². The molecule has 0 saturated carbocycles. The minimum Gasteiger partial charge on any atom is -0.473 e. The summed E-state index contributed by atoms with van der Waals surface area (Å²) in [5.41, 5.74) is 0.909. The molecule has 8 heteroatoms. The van der Waals surface area contributed by atoms with Crippen molar-refractivity contribution >= 4 is 35.9 Å². The molecule has 1 heterocycles. The van der Waals surface area contributed by atoms with Crippen LogP contribution in [0.15, 0.2) is 35.5 Å². The smallest absolute Gasteiger partial charge is 0.473 e. The van der Waals surface area contributed by atoms with Gasteiger partial charge in [-0.15, -0.1) is 0 Å². The van der Waals surface area contributed by atoms with Gasteiger partial charge in [-0.25, -0.2) is 4.98 Å². The Balaban J connectivity index is 2.27. The Labute approximate surface area is 126 Å². The fraction of sp³-hybridized carbons (Fsp3) is 0.167. The lowest BCUT2D eigenvalue weighted by molar-refractivity contribution is 0.291. The van der Waals surface area contributed by atoms with E-state index >= 15 is 0 Å². The van der Waals surface area contributed by atoms with Gasteiger partial charge in [0.1, 0.15) is 11.8 Å². The summed E-state index contributed by atoms with van der Waals surface area (Å²) >= 11 is 7.21. The van der Waals surface area contributed by atoms with Crippen LogP contribution in [0.1, 0.15) is 5.56 Å². The van der Waals surface area contributed by atoms with Gasteiger partial charge in [0.25, 0.3) is 0 Å². The number of benzene rings is 1. The molecule has 1 aromatic carbocycles. The molecule has 0 amide bonds. The zero-order valence-electron chi connectivity index (χ0n) is 10.7. The second-order valence-electron chi connectivity index (χ2n) is 3.87. The zero-order valence-corrected chi connectivity index (χ0v) is 12.2.